The van der Waals surface area contributed by atoms with E-state index in [0.29, 0.717) is 11.1 Å². The highest BCUT2D eigenvalue weighted by atomic mass is 32.2. The number of rotatable bonds is 5. The maximum absolute atomic E-state index is 12.9. The van der Waals surface area contributed by atoms with Crippen molar-refractivity contribution in [3.63, 3.8) is 0 Å². The molecule has 30 heavy (non-hydrogen) atoms. The Kier molecular flexibility index (Phi) is 4.93. The first kappa shape index (κ1) is 20.2. The fraction of sp³-hybridized carbons (Fsp3) is 0.190. The molecule has 0 fully saturated rings. The maximum atomic E-state index is 12.9. The average Bonchev–Trinajstić information content (AvgIpc) is 2.91. The number of nitrogens with zero attached hydrogens (tertiary/aromatic N) is 1. The highest BCUT2D eigenvalue weighted by molar-refractivity contribution is 7.93. The van der Waals surface area contributed by atoms with Crippen molar-refractivity contribution < 1.29 is 26.4 Å². The topological polar surface area (TPSA) is 66.5 Å². The summed E-state index contributed by atoms with van der Waals surface area (Å²) in [7, 11) is -3.70. The minimum absolute atomic E-state index is 0.0331. The number of carbonyl (C=O) groups excluding carboxylic acids is 1. The van der Waals surface area contributed by atoms with Crippen LogP contribution in [0.4, 0.5) is 24.5 Å². The van der Waals surface area contributed by atoms with Crippen molar-refractivity contribution in [1.29, 1.82) is 0 Å². The molecule has 1 amide bonds. The Bertz CT molecular complexity index is 1230. The highest BCUT2D eigenvalue weighted by Gasteiger charge is 2.35. The molecule has 0 unspecified atom stereocenters. The first-order valence-corrected chi connectivity index (χ1v) is 10.6. The van der Waals surface area contributed by atoms with Crippen LogP contribution in [0.25, 0.3) is 10.8 Å². The smallest absolute Gasteiger partial charge is 0.326 e. The lowest BCUT2D eigenvalue weighted by molar-refractivity contribution is -0.137. The summed E-state index contributed by atoms with van der Waals surface area (Å²) < 4.78 is 65.4. The Morgan fingerprint density at radius 1 is 1.00 bits per heavy atom. The Morgan fingerprint density at radius 2 is 1.70 bits per heavy atom. The lowest BCUT2D eigenvalue weighted by Gasteiger charge is -2.18. The Labute approximate surface area is 171 Å². The van der Waals surface area contributed by atoms with Crippen LogP contribution in [-0.2, 0) is 21.0 Å². The number of amides is 1. The minimum Gasteiger partial charge on any atom is -0.326 e. The summed E-state index contributed by atoms with van der Waals surface area (Å²) >= 11 is 0. The minimum atomic E-state index is -4.50. The molecule has 1 heterocycles. The molecule has 1 aliphatic rings. The molecule has 9 heteroatoms. The third-order valence-corrected chi connectivity index (χ3v) is 6.78. The number of carbonyl (C=O) groups is 1. The van der Waals surface area contributed by atoms with Crippen molar-refractivity contribution >= 4 is 38.1 Å². The van der Waals surface area contributed by atoms with Crippen molar-refractivity contribution in [2.45, 2.75) is 23.9 Å². The number of hydrogen-bond donors (Lipinski definition) is 1. The highest BCUT2D eigenvalue weighted by Crippen LogP contribution is 2.42. The van der Waals surface area contributed by atoms with Gasteiger partial charge in [-0.15, -0.1) is 0 Å². The van der Waals surface area contributed by atoms with Crippen molar-refractivity contribution in [2.24, 2.45) is 0 Å². The summed E-state index contributed by atoms with van der Waals surface area (Å²) in [6.45, 7) is 0.0894. The number of nitrogens with one attached hydrogen (secondary N) is 1. The van der Waals surface area contributed by atoms with Crippen molar-refractivity contribution in [2.75, 3.05) is 16.2 Å². The first-order valence-electron chi connectivity index (χ1n) is 9.19. The third-order valence-electron chi connectivity index (χ3n) is 4.92. The molecule has 1 aliphatic heterocycles. The normalized spacial score (nSPS) is 14.8. The second-order valence-electron chi connectivity index (χ2n) is 6.94. The average molecular weight is 434 g/mol. The number of benzene rings is 3. The number of anilines is 2. The van der Waals surface area contributed by atoms with Gasteiger partial charge in [-0.1, -0.05) is 30.3 Å². The van der Waals surface area contributed by atoms with Gasteiger partial charge in [0.05, 0.1) is 16.1 Å². The monoisotopic (exact) mass is 434 g/mol. The van der Waals surface area contributed by atoms with Gasteiger partial charge >= 0.3 is 6.18 Å². The van der Waals surface area contributed by atoms with E-state index in [4.69, 9.17) is 0 Å². The van der Waals surface area contributed by atoms with E-state index >= 15 is 0 Å². The lowest BCUT2D eigenvalue weighted by atomic mass is 10.1. The zero-order valence-corrected chi connectivity index (χ0v) is 16.4. The van der Waals surface area contributed by atoms with Crippen LogP contribution in [0.1, 0.15) is 18.4 Å². The summed E-state index contributed by atoms with van der Waals surface area (Å²) in [4.78, 5) is 12.4. The van der Waals surface area contributed by atoms with E-state index in [-0.39, 0.29) is 30.0 Å². The zero-order chi connectivity index (χ0) is 21.5. The first-order chi connectivity index (χ1) is 14.2. The second-order valence-corrected chi connectivity index (χ2v) is 8.77. The third kappa shape index (κ3) is 3.60. The molecular formula is C21H17F3N2O3S. The predicted octanol–water partition coefficient (Wildman–Crippen LogP) is 4.79. The molecule has 0 spiro atoms. The molecule has 4 rings (SSSR count). The van der Waals surface area contributed by atoms with Gasteiger partial charge in [0.1, 0.15) is 0 Å². The van der Waals surface area contributed by atoms with Crippen LogP contribution < -0.4 is 9.62 Å². The lowest BCUT2D eigenvalue weighted by Crippen LogP contribution is -2.29. The van der Waals surface area contributed by atoms with E-state index in [1.165, 1.54) is 16.4 Å². The van der Waals surface area contributed by atoms with Gasteiger partial charge in [-0.05, 0) is 42.1 Å². The molecule has 1 N–H and O–H groups in total. The summed E-state index contributed by atoms with van der Waals surface area (Å²) in [5, 5.41) is 3.91. The molecule has 0 bridgehead atoms. The number of hydrogen-bond acceptors (Lipinski definition) is 3. The fourth-order valence-corrected chi connectivity index (χ4v) is 5.33. The summed E-state index contributed by atoms with van der Waals surface area (Å²) in [5.74, 6) is -0.485. The quantitative estimate of drug-likeness (QED) is 0.628. The molecule has 0 aliphatic carbocycles. The van der Waals surface area contributed by atoms with Crippen LogP contribution >= 0.6 is 0 Å². The van der Waals surface area contributed by atoms with E-state index in [1.54, 1.807) is 24.3 Å². The Hall–Kier alpha value is -3.07. The summed E-state index contributed by atoms with van der Waals surface area (Å²) in [5.41, 5.74) is -0.239. The SMILES string of the molecule is O=C(CCCN1c2cccc3cccc(c23)S1(=O)=O)Nc1cccc(C(F)(F)F)c1. The molecule has 0 saturated heterocycles. The maximum Gasteiger partial charge on any atom is 0.416 e. The van der Waals surface area contributed by atoms with Crippen LogP contribution in [0.3, 0.4) is 0 Å². The van der Waals surface area contributed by atoms with E-state index < -0.39 is 27.7 Å². The molecule has 0 saturated carbocycles. The molecule has 0 radical (unpaired) electrons. The zero-order valence-electron chi connectivity index (χ0n) is 15.6. The van der Waals surface area contributed by atoms with E-state index in [0.717, 1.165) is 17.5 Å². The Balaban J connectivity index is 1.43. The fourth-order valence-electron chi connectivity index (χ4n) is 3.58. The van der Waals surface area contributed by atoms with Gasteiger partial charge in [0.2, 0.25) is 5.91 Å². The second kappa shape index (κ2) is 7.32. The summed E-state index contributed by atoms with van der Waals surface area (Å²) in [6.07, 6.45) is -4.32. The molecule has 0 atom stereocenters. The van der Waals surface area contributed by atoms with E-state index in [2.05, 4.69) is 5.32 Å². The van der Waals surface area contributed by atoms with Crippen LogP contribution in [0, 0.1) is 0 Å². The van der Waals surface area contributed by atoms with Crippen LogP contribution in [-0.4, -0.2) is 20.9 Å². The molecule has 0 aromatic heterocycles. The van der Waals surface area contributed by atoms with Gasteiger partial charge in [0.15, 0.2) is 0 Å². The van der Waals surface area contributed by atoms with Crippen LogP contribution in [0.15, 0.2) is 65.6 Å². The van der Waals surface area contributed by atoms with E-state index in [1.807, 2.05) is 12.1 Å². The predicted molar refractivity (Wildman–Crippen MR) is 108 cm³/mol. The van der Waals surface area contributed by atoms with Crippen molar-refractivity contribution in [3.05, 3.63) is 66.2 Å². The van der Waals surface area contributed by atoms with Gasteiger partial charge < -0.3 is 5.32 Å². The molecule has 3 aromatic carbocycles. The molecule has 156 valence electrons. The standard InChI is InChI=1S/C21H17F3N2O3S/c22-21(23,24)15-7-3-8-16(13-15)25-19(27)11-4-12-26-17-9-1-5-14-6-2-10-18(20(14)17)30(26,28)29/h1-3,5-10,13H,4,11-12H2,(H,25,27). The molecular weight excluding hydrogens is 417 g/mol. The van der Waals surface area contributed by atoms with Crippen LogP contribution in [0.2, 0.25) is 0 Å². The van der Waals surface area contributed by atoms with Gasteiger partial charge in [0, 0.05) is 24.0 Å². The van der Waals surface area contributed by atoms with E-state index in [9.17, 15) is 26.4 Å². The van der Waals surface area contributed by atoms with Crippen molar-refractivity contribution in [3.8, 4) is 0 Å². The number of sulfonamides is 1. The van der Waals surface area contributed by atoms with Gasteiger partial charge in [-0.25, -0.2) is 8.42 Å². The summed E-state index contributed by atoms with van der Waals surface area (Å²) in [6, 6.07) is 14.8. The molecule has 3 aromatic rings. The van der Waals surface area contributed by atoms with Gasteiger partial charge in [-0.2, -0.15) is 13.2 Å². The van der Waals surface area contributed by atoms with Gasteiger partial charge in [0.25, 0.3) is 10.0 Å². The Morgan fingerprint density at radius 3 is 2.43 bits per heavy atom. The number of halogens is 3. The van der Waals surface area contributed by atoms with Crippen molar-refractivity contribution in [1.82, 2.24) is 0 Å². The largest absolute Gasteiger partial charge is 0.416 e. The van der Waals surface area contributed by atoms with Gasteiger partial charge in [-0.3, -0.25) is 9.10 Å². The number of alkyl halides is 3. The molecule has 5 nitrogen and oxygen atoms in total. The van der Waals surface area contributed by atoms with Crippen LogP contribution in [0.5, 0.6) is 0 Å².